The largest absolute Gasteiger partial charge is 0.461 e. The summed E-state index contributed by atoms with van der Waals surface area (Å²) in [7, 11) is 0. The number of aryl methyl sites for hydroxylation is 1. The van der Waals surface area contributed by atoms with Crippen molar-refractivity contribution < 1.29 is 36.2 Å². The Morgan fingerprint density at radius 1 is 1.10 bits per heavy atom. The molecule has 11 nitrogen and oxygen atoms in total. The molecule has 50 heavy (non-hydrogen) atoms. The number of aromatic nitrogens is 4. The van der Waals surface area contributed by atoms with Crippen LogP contribution in [0.25, 0.3) is 0 Å². The Hall–Kier alpha value is -3.73. The monoisotopic (exact) mass is 744 g/mol. The Bertz CT molecular complexity index is 1790. The standard InChI is InChI=1S/C30H33Cl2F3N8O3.C2H2F2/c31-19-11-16(36)10-17(23(19)30(33,34)35)22-12-20-18(14-45-22)27(39-28(38-20)46-15-29-4-1-7-42(29)8-2-5-29)41-6-3-9-43-21(13-41)24(32)25(40-43)26(37)44;1-2(3)4/h10-11,22H,1-9,12-15,36H2,(H2,37,44);1H2. The van der Waals surface area contributed by atoms with Crippen molar-refractivity contribution in [1.82, 2.24) is 24.6 Å². The lowest BCUT2D eigenvalue weighted by Crippen LogP contribution is -2.43. The number of nitrogen functional groups attached to an aromatic ring is 1. The molecule has 0 saturated carbocycles. The number of hydrogen-bond donors (Lipinski definition) is 2. The molecule has 2 aromatic heterocycles. The molecule has 3 aromatic rings. The number of hydrogen-bond acceptors (Lipinski definition) is 9. The molecular formula is C32H35Cl2F5N8O3. The van der Waals surface area contributed by atoms with E-state index in [1.165, 1.54) is 6.07 Å². The number of alkyl halides is 3. The minimum Gasteiger partial charge on any atom is -0.461 e. The van der Waals surface area contributed by atoms with Gasteiger partial charge in [0.15, 0.2) is 5.69 Å². The summed E-state index contributed by atoms with van der Waals surface area (Å²) in [6.07, 6.45) is -2.67. The number of amides is 1. The molecule has 0 bridgehead atoms. The molecule has 1 amide bonds. The maximum atomic E-state index is 14.2. The molecular weight excluding hydrogens is 710 g/mol. The first kappa shape index (κ1) is 36.1. The van der Waals surface area contributed by atoms with Crippen molar-refractivity contribution in [2.45, 2.75) is 76.0 Å². The van der Waals surface area contributed by atoms with Gasteiger partial charge in [-0.2, -0.15) is 37.0 Å². The molecule has 4 aliphatic heterocycles. The Morgan fingerprint density at radius 3 is 2.46 bits per heavy atom. The van der Waals surface area contributed by atoms with E-state index in [0.717, 1.165) is 44.8 Å². The normalized spacial score (nSPS) is 19.9. The SMILES string of the molecule is C=C(F)F.NC(=O)c1nn2c(c1Cl)CN(c1nc(OCC34CCCN3CCC4)nc3c1COC(c1cc(N)cc(Cl)c1C(F)(F)F)C3)CCC2. The highest BCUT2D eigenvalue weighted by Gasteiger charge is 2.45. The van der Waals surface area contributed by atoms with Crippen LogP contribution in [0.4, 0.5) is 33.5 Å². The van der Waals surface area contributed by atoms with E-state index < -0.39 is 34.9 Å². The van der Waals surface area contributed by atoms with Crippen LogP contribution in [0.2, 0.25) is 10.0 Å². The third-order valence-electron chi connectivity index (χ3n) is 9.58. The van der Waals surface area contributed by atoms with E-state index in [9.17, 15) is 26.7 Å². The second-order valence-electron chi connectivity index (χ2n) is 12.7. The van der Waals surface area contributed by atoms with E-state index in [4.69, 9.17) is 54.1 Å². The smallest absolute Gasteiger partial charge is 0.418 e. The summed E-state index contributed by atoms with van der Waals surface area (Å²) in [5.74, 6) is -0.197. The zero-order chi connectivity index (χ0) is 36.0. The van der Waals surface area contributed by atoms with E-state index in [0.29, 0.717) is 48.9 Å². The zero-order valence-electron chi connectivity index (χ0n) is 26.8. The first-order valence-corrected chi connectivity index (χ1v) is 16.8. The van der Waals surface area contributed by atoms with Gasteiger partial charge in [-0.25, -0.2) is 0 Å². The number of ether oxygens (including phenoxy) is 2. The van der Waals surface area contributed by atoms with Crippen LogP contribution in [-0.4, -0.2) is 62.3 Å². The molecule has 7 rings (SSSR count). The molecule has 0 radical (unpaired) electrons. The average Bonchev–Trinajstić information content (AvgIpc) is 3.65. The first-order chi connectivity index (χ1) is 23.7. The van der Waals surface area contributed by atoms with Crippen molar-refractivity contribution >= 4 is 40.6 Å². The van der Waals surface area contributed by atoms with Crippen LogP contribution in [0.1, 0.15) is 76.8 Å². The van der Waals surface area contributed by atoms with Crippen LogP contribution in [0, 0.1) is 0 Å². The van der Waals surface area contributed by atoms with Crippen molar-refractivity contribution in [2.75, 3.05) is 36.9 Å². The molecule has 6 heterocycles. The predicted octanol–water partition coefficient (Wildman–Crippen LogP) is 6.31. The number of benzene rings is 1. The van der Waals surface area contributed by atoms with E-state index in [2.05, 4.69) is 16.6 Å². The van der Waals surface area contributed by atoms with Gasteiger partial charge in [-0.3, -0.25) is 14.4 Å². The van der Waals surface area contributed by atoms with Gasteiger partial charge >= 0.3 is 12.2 Å². The van der Waals surface area contributed by atoms with E-state index in [1.54, 1.807) is 4.68 Å². The summed E-state index contributed by atoms with van der Waals surface area (Å²) < 4.78 is 76.9. The first-order valence-electron chi connectivity index (χ1n) is 16.0. The number of rotatable bonds is 6. The molecule has 2 fully saturated rings. The highest BCUT2D eigenvalue weighted by molar-refractivity contribution is 6.34. The summed E-state index contributed by atoms with van der Waals surface area (Å²) in [5.41, 5.74) is 12.1. The van der Waals surface area contributed by atoms with Gasteiger partial charge in [0, 0.05) is 30.8 Å². The number of carbonyl (C=O) groups is 1. The summed E-state index contributed by atoms with van der Waals surface area (Å²) in [5, 5.41) is 4.00. The van der Waals surface area contributed by atoms with Crippen molar-refractivity contribution in [1.29, 1.82) is 0 Å². The number of halogens is 7. The molecule has 0 spiro atoms. The number of fused-ring (bicyclic) bond motifs is 3. The Morgan fingerprint density at radius 2 is 1.80 bits per heavy atom. The minimum atomic E-state index is -4.72. The Balaban J connectivity index is 0.00000103. The fraction of sp³-hybridized carbons (Fsp3) is 0.500. The second-order valence-corrected chi connectivity index (χ2v) is 13.5. The number of nitrogens with zero attached hydrogens (tertiary/aromatic N) is 6. The lowest BCUT2D eigenvalue weighted by molar-refractivity contribution is -0.139. The second kappa shape index (κ2) is 14.1. The molecule has 1 aromatic carbocycles. The van der Waals surface area contributed by atoms with Crippen LogP contribution in [0.5, 0.6) is 6.01 Å². The van der Waals surface area contributed by atoms with E-state index in [1.807, 2.05) is 4.90 Å². The topological polar surface area (TPSA) is 138 Å². The van der Waals surface area contributed by atoms with Crippen molar-refractivity contribution in [3.63, 3.8) is 0 Å². The highest BCUT2D eigenvalue weighted by atomic mass is 35.5. The van der Waals surface area contributed by atoms with Crippen LogP contribution in [-0.2, 0) is 37.0 Å². The summed E-state index contributed by atoms with van der Waals surface area (Å²) in [4.78, 5) is 26.0. The van der Waals surface area contributed by atoms with Crippen molar-refractivity contribution in [2.24, 2.45) is 5.73 Å². The van der Waals surface area contributed by atoms with Gasteiger partial charge in [-0.15, -0.1) is 0 Å². The lowest BCUT2D eigenvalue weighted by Gasteiger charge is -2.33. The molecule has 4 aliphatic rings. The predicted molar refractivity (Wildman–Crippen MR) is 175 cm³/mol. The van der Waals surface area contributed by atoms with Gasteiger partial charge in [-0.1, -0.05) is 23.2 Å². The van der Waals surface area contributed by atoms with Gasteiger partial charge in [0.25, 0.3) is 12.0 Å². The molecule has 0 aliphatic carbocycles. The molecule has 270 valence electrons. The quantitative estimate of drug-likeness (QED) is 0.220. The maximum absolute atomic E-state index is 14.2. The van der Waals surface area contributed by atoms with Crippen molar-refractivity contribution in [3.8, 4) is 6.01 Å². The number of primary amides is 1. The van der Waals surface area contributed by atoms with E-state index in [-0.39, 0.29) is 53.1 Å². The summed E-state index contributed by atoms with van der Waals surface area (Å²) in [6, 6.07) is 2.49. The summed E-state index contributed by atoms with van der Waals surface area (Å²) in [6.45, 7) is 5.94. The van der Waals surface area contributed by atoms with Gasteiger partial charge in [0.2, 0.25) is 0 Å². The molecule has 4 N–H and O–H groups in total. The molecule has 1 unspecified atom stereocenters. The van der Waals surface area contributed by atoms with Gasteiger partial charge in [0.05, 0.1) is 51.8 Å². The lowest BCUT2D eigenvalue weighted by atomic mass is 9.94. The number of nitrogens with two attached hydrogens (primary N) is 2. The van der Waals surface area contributed by atoms with E-state index >= 15 is 0 Å². The molecule has 2 saturated heterocycles. The third kappa shape index (κ3) is 7.20. The van der Waals surface area contributed by atoms with Crippen molar-refractivity contribution in [3.05, 3.63) is 68.6 Å². The van der Waals surface area contributed by atoms with Crippen LogP contribution in [0.15, 0.2) is 24.8 Å². The molecule has 18 heteroatoms. The van der Waals surface area contributed by atoms with Crippen LogP contribution >= 0.6 is 23.2 Å². The van der Waals surface area contributed by atoms with Crippen LogP contribution in [0.3, 0.4) is 0 Å². The summed E-state index contributed by atoms with van der Waals surface area (Å²) >= 11 is 12.6. The Labute approximate surface area is 294 Å². The molecule has 1 atom stereocenters. The van der Waals surface area contributed by atoms with Gasteiger partial charge in [0.1, 0.15) is 12.4 Å². The highest BCUT2D eigenvalue weighted by Crippen LogP contribution is 2.45. The fourth-order valence-corrected chi connectivity index (χ4v) is 8.07. The third-order valence-corrected chi connectivity index (χ3v) is 10.3. The number of carbonyl (C=O) groups excluding carboxylic acids is 1. The minimum absolute atomic E-state index is 0.00312. The zero-order valence-corrected chi connectivity index (χ0v) is 28.4. The maximum Gasteiger partial charge on any atom is 0.418 e. The number of anilines is 2. The van der Waals surface area contributed by atoms with Gasteiger partial charge in [-0.05, 0) is 69.5 Å². The Kier molecular flexibility index (Phi) is 10.2. The fourth-order valence-electron chi connectivity index (χ4n) is 7.44. The van der Waals surface area contributed by atoms with Gasteiger partial charge < -0.3 is 25.8 Å². The average molecular weight is 746 g/mol. The van der Waals surface area contributed by atoms with Crippen LogP contribution < -0.4 is 21.1 Å².